The molecule has 8 heteroatoms. The van der Waals surface area contributed by atoms with E-state index in [0.717, 1.165) is 18.6 Å². The number of nitrogens with one attached hydrogen (secondary N) is 2. The normalized spacial score (nSPS) is 19.3. The molecule has 2 N–H and O–H groups in total. The molecule has 0 radical (unpaired) electrons. The SMILES string of the molecule is O=C(Nc1ccccc1)O[C@H]1CCC[C@@H](NC(=O)c2cccc(C(F)(F)F)c2)C1. The van der Waals surface area contributed by atoms with E-state index in [1.165, 1.54) is 12.1 Å². The summed E-state index contributed by atoms with van der Waals surface area (Å²) in [5.41, 5.74) is -0.306. The summed E-state index contributed by atoms with van der Waals surface area (Å²) in [6.45, 7) is 0. The van der Waals surface area contributed by atoms with Gasteiger partial charge in [-0.1, -0.05) is 24.3 Å². The van der Waals surface area contributed by atoms with Crippen LogP contribution in [0.15, 0.2) is 54.6 Å². The Morgan fingerprint density at radius 1 is 1.00 bits per heavy atom. The van der Waals surface area contributed by atoms with Crippen LogP contribution >= 0.6 is 0 Å². The van der Waals surface area contributed by atoms with Crippen LogP contribution in [0.5, 0.6) is 0 Å². The molecule has 0 aromatic heterocycles. The van der Waals surface area contributed by atoms with Crippen LogP contribution in [0.2, 0.25) is 0 Å². The van der Waals surface area contributed by atoms with Gasteiger partial charge in [0.1, 0.15) is 6.10 Å². The highest BCUT2D eigenvalue weighted by atomic mass is 19.4. The van der Waals surface area contributed by atoms with Crippen molar-refractivity contribution < 1.29 is 27.5 Å². The number of ether oxygens (including phenoxy) is 1. The van der Waals surface area contributed by atoms with Crippen molar-refractivity contribution in [3.63, 3.8) is 0 Å². The van der Waals surface area contributed by atoms with Gasteiger partial charge in [-0.2, -0.15) is 13.2 Å². The Morgan fingerprint density at radius 3 is 2.48 bits per heavy atom. The quantitative estimate of drug-likeness (QED) is 0.751. The summed E-state index contributed by atoms with van der Waals surface area (Å²) in [6, 6.07) is 12.9. The third-order valence-corrected chi connectivity index (χ3v) is 4.71. The summed E-state index contributed by atoms with van der Waals surface area (Å²) in [4.78, 5) is 24.4. The number of anilines is 1. The monoisotopic (exact) mass is 406 g/mol. The second-order valence-electron chi connectivity index (χ2n) is 6.93. The van der Waals surface area contributed by atoms with Crippen LogP contribution in [0.4, 0.5) is 23.7 Å². The summed E-state index contributed by atoms with van der Waals surface area (Å²) in [6.07, 6.45) is -2.98. The topological polar surface area (TPSA) is 67.4 Å². The number of alkyl halides is 3. The first-order chi connectivity index (χ1) is 13.8. The number of amides is 2. The molecule has 5 nitrogen and oxygen atoms in total. The number of halogens is 3. The van der Waals surface area contributed by atoms with E-state index in [4.69, 9.17) is 4.74 Å². The number of carbonyl (C=O) groups excluding carboxylic acids is 2. The number of carbonyl (C=O) groups is 2. The van der Waals surface area contributed by atoms with Gasteiger partial charge in [-0.3, -0.25) is 10.1 Å². The fraction of sp³-hybridized carbons (Fsp3) is 0.333. The van der Waals surface area contributed by atoms with Crippen LogP contribution in [0.3, 0.4) is 0 Å². The fourth-order valence-electron chi connectivity index (χ4n) is 3.31. The maximum absolute atomic E-state index is 12.8. The van der Waals surface area contributed by atoms with Crippen molar-refractivity contribution >= 4 is 17.7 Å². The zero-order valence-corrected chi connectivity index (χ0v) is 15.5. The van der Waals surface area contributed by atoms with Crippen LogP contribution in [-0.2, 0) is 10.9 Å². The highest BCUT2D eigenvalue weighted by molar-refractivity contribution is 5.94. The van der Waals surface area contributed by atoms with E-state index in [-0.39, 0.29) is 17.7 Å². The van der Waals surface area contributed by atoms with Gasteiger partial charge in [-0.25, -0.2) is 4.79 Å². The number of benzene rings is 2. The van der Waals surface area contributed by atoms with Crippen LogP contribution in [0.1, 0.15) is 41.6 Å². The number of rotatable bonds is 4. The van der Waals surface area contributed by atoms with Gasteiger partial charge in [0.05, 0.1) is 5.56 Å². The average Bonchev–Trinajstić information content (AvgIpc) is 2.68. The lowest BCUT2D eigenvalue weighted by molar-refractivity contribution is -0.137. The predicted molar refractivity (Wildman–Crippen MR) is 101 cm³/mol. The molecule has 154 valence electrons. The second kappa shape index (κ2) is 8.98. The minimum Gasteiger partial charge on any atom is -0.446 e. The van der Waals surface area contributed by atoms with Gasteiger partial charge in [-0.05, 0) is 49.6 Å². The Labute approximate surface area is 166 Å². The Balaban J connectivity index is 1.54. The lowest BCUT2D eigenvalue weighted by Crippen LogP contribution is -2.41. The van der Waals surface area contributed by atoms with E-state index in [0.29, 0.717) is 24.9 Å². The molecule has 1 aliphatic carbocycles. The molecule has 1 fully saturated rings. The van der Waals surface area contributed by atoms with Gasteiger partial charge in [0, 0.05) is 23.7 Å². The molecule has 2 atom stereocenters. The maximum Gasteiger partial charge on any atom is 0.416 e. The van der Waals surface area contributed by atoms with Crippen LogP contribution in [0, 0.1) is 0 Å². The largest absolute Gasteiger partial charge is 0.446 e. The predicted octanol–water partition coefficient (Wildman–Crippen LogP) is 5.00. The van der Waals surface area contributed by atoms with E-state index in [2.05, 4.69) is 10.6 Å². The first-order valence-electron chi connectivity index (χ1n) is 9.32. The number of para-hydroxylation sites is 1. The highest BCUT2D eigenvalue weighted by Crippen LogP contribution is 2.29. The summed E-state index contributed by atoms with van der Waals surface area (Å²) in [5, 5.41) is 5.38. The lowest BCUT2D eigenvalue weighted by Gasteiger charge is -2.29. The van der Waals surface area contributed by atoms with E-state index in [1.54, 1.807) is 24.3 Å². The Hall–Kier alpha value is -3.03. The maximum atomic E-state index is 12.8. The molecule has 1 aliphatic rings. The van der Waals surface area contributed by atoms with E-state index < -0.39 is 23.7 Å². The number of hydrogen-bond donors (Lipinski definition) is 2. The second-order valence-corrected chi connectivity index (χ2v) is 6.93. The molecule has 0 spiro atoms. The molecule has 0 bridgehead atoms. The first-order valence-corrected chi connectivity index (χ1v) is 9.32. The molecule has 0 unspecified atom stereocenters. The fourth-order valence-corrected chi connectivity index (χ4v) is 3.31. The molecule has 3 rings (SSSR count). The molecule has 0 aliphatic heterocycles. The zero-order chi connectivity index (χ0) is 20.9. The van der Waals surface area contributed by atoms with Crippen LogP contribution in [-0.4, -0.2) is 24.1 Å². The summed E-state index contributed by atoms with van der Waals surface area (Å²) < 4.78 is 43.9. The zero-order valence-electron chi connectivity index (χ0n) is 15.5. The summed E-state index contributed by atoms with van der Waals surface area (Å²) in [5.74, 6) is -0.574. The van der Waals surface area contributed by atoms with Crippen molar-refractivity contribution in [3.8, 4) is 0 Å². The van der Waals surface area contributed by atoms with Gasteiger partial charge < -0.3 is 10.1 Å². The van der Waals surface area contributed by atoms with Crippen LogP contribution in [0.25, 0.3) is 0 Å². The van der Waals surface area contributed by atoms with Gasteiger partial charge in [0.2, 0.25) is 0 Å². The summed E-state index contributed by atoms with van der Waals surface area (Å²) in [7, 11) is 0. The minimum absolute atomic E-state index is 0.0512. The molecule has 2 aromatic carbocycles. The van der Waals surface area contributed by atoms with Gasteiger partial charge in [0.15, 0.2) is 0 Å². The third kappa shape index (κ3) is 5.97. The highest BCUT2D eigenvalue weighted by Gasteiger charge is 2.31. The van der Waals surface area contributed by atoms with Gasteiger partial charge in [-0.15, -0.1) is 0 Å². The standard InChI is InChI=1S/C21H21F3N2O3/c22-21(23,24)15-7-4-6-14(12-15)19(27)25-17-10-5-11-18(13-17)29-20(28)26-16-8-2-1-3-9-16/h1-4,6-9,12,17-18H,5,10-11,13H2,(H,25,27)(H,26,28)/t17-,18+/m1/s1. The van der Waals surface area contributed by atoms with Gasteiger partial charge in [0.25, 0.3) is 5.91 Å². The first kappa shape index (κ1) is 20.7. The molecule has 29 heavy (non-hydrogen) atoms. The van der Waals surface area contributed by atoms with E-state index >= 15 is 0 Å². The molecule has 2 amide bonds. The smallest absolute Gasteiger partial charge is 0.416 e. The Morgan fingerprint density at radius 2 is 1.76 bits per heavy atom. The molecular formula is C21H21F3N2O3. The average molecular weight is 406 g/mol. The Kier molecular flexibility index (Phi) is 6.41. The van der Waals surface area contributed by atoms with Crippen molar-refractivity contribution in [2.24, 2.45) is 0 Å². The van der Waals surface area contributed by atoms with Crippen molar-refractivity contribution in [2.45, 2.75) is 44.0 Å². The lowest BCUT2D eigenvalue weighted by atomic mass is 9.92. The number of hydrogen-bond acceptors (Lipinski definition) is 3. The molecule has 0 saturated heterocycles. The van der Waals surface area contributed by atoms with Crippen molar-refractivity contribution in [1.29, 1.82) is 0 Å². The van der Waals surface area contributed by atoms with Gasteiger partial charge >= 0.3 is 12.3 Å². The third-order valence-electron chi connectivity index (χ3n) is 4.71. The molecule has 2 aromatic rings. The van der Waals surface area contributed by atoms with Crippen molar-refractivity contribution in [3.05, 3.63) is 65.7 Å². The molecule has 0 heterocycles. The van der Waals surface area contributed by atoms with E-state index in [9.17, 15) is 22.8 Å². The van der Waals surface area contributed by atoms with Crippen molar-refractivity contribution in [1.82, 2.24) is 5.32 Å². The Bertz CT molecular complexity index is 856. The summed E-state index contributed by atoms with van der Waals surface area (Å²) >= 11 is 0. The molecular weight excluding hydrogens is 385 g/mol. The van der Waals surface area contributed by atoms with Crippen LogP contribution < -0.4 is 10.6 Å². The van der Waals surface area contributed by atoms with Crippen molar-refractivity contribution in [2.75, 3.05) is 5.32 Å². The van der Waals surface area contributed by atoms with E-state index in [1.807, 2.05) is 6.07 Å². The minimum atomic E-state index is -4.51. The molecule has 1 saturated carbocycles.